The predicted molar refractivity (Wildman–Crippen MR) is 132 cm³/mol. The average molecular weight is 485 g/mol. The fourth-order valence-electron chi connectivity index (χ4n) is 4.19. The summed E-state index contributed by atoms with van der Waals surface area (Å²) in [5.74, 6) is 0.819. The first-order valence-corrected chi connectivity index (χ1v) is 12.0. The van der Waals surface area contributed by atoms with Crippen LogP contribution < -0.4 is 14.8 Å². The van der Waals surface area contributed by atoms with E-state index in [-0.39, 0.29) is 24.2 Å². The van der Waals surface area contributed by atoms with Gasteiger partial charge in [-0.15, -0.1) is 0 Å². The third-order valence-electron chi connectivity index (χ3n) is 5.87. The third kappa shape index (κ3) is 6.29. The van der Waals surface area contributed by atoms with E-state index in [0.717, 1.165) is 50.5 Å². The fourth-order valence-corrected chi connectivity index (χ4v) is 4.19. The van der Waals surface area contributed by atoms with E-state index in [1.807, 2.05) is 36.6 Å². The first-order chi connectivity index (χ1) is 16.9. The lowest BCUT2D eigenvalue weighted by Crippen LogP contribution is -2.37. The standard InChI is InChI=1S/C26H33FN4O4/c1-18(2)28-25(32)17-31-23-8-6-20(35-12-4-9-30-10-13-34-14-11-30)16-22(23)29-26(31)19-5-7-21(27)24(15-19)33-3/h5-8,15-16,18H,4,9-14,17H2,1-3H3,(H,28,32). The summed E-state index contributed by atoms with van der Waals surface area (Å²) in [5, 5.41) is 2.92. The second-order valence-electron chi connectivity index (χ2n) is 8.90. The van der Waals surface area contributed by atoms with Crippen molar-refractivity contribution in [2.24, 2.45) is 0 Å². The van der Waals surface area contributed by atoms with Gasteiger partial charge in [-0.2, -0.15) is 0 Å². The molecule has 0 atom stereocenters. The third-order valence-corrected chi connectivity index (χ3v) is 5.87. The smallest absolute Gasteiger partial charge is 0.240 e. The Balaban J connectivity index is 1.56. The van der Waals surface area contributed by atoms with Crippen LogP contribution in [0.5, 0.6) is 11.5 Å². The number of methoxy groups -OCH3 is 1. The number of ether oxygens (including phenoxy) is 3. The molecule has 1 aromatic heterocycles. The number of aromatic nitrogens is 2. The molecule has 0 aliphatic carbocycles. The van der Waals surface area contributed by atoms with Gasteiger partial charge < -0.3 is 24.1 Å². The minimum Gasteiger partial charge on any atom is -0.494 e. The second kappa shape index (κ2) is 11.5. The first kappa shape index (κ1) is 24.9. The maximum absolute atomic E-state index is 14.0. The number of nitrogens with zero attached hydrogens (tertiary/aromatic N) is 3. The van der Waals surface area contributed by atoms with Crippen molar-refractivity contribution in [3.05, 3.63) is 42.2 Å². The van der Waals surface area contributed by atoms with Gasteiger partial charge in [-0.05, 0) is 50.6 Å². The number of benzene rings is 2. The van der Waals surface area contributed by atoms with E-state index in [1.165, 1.54) is 13.2 Å². The highest BCUT2D eigenvalue weighted by Crippen LogP contribution is 2.30. The van der Waals surface area contributed by atoms with Gasteiger partial charge in [0.25, 0.3) is 0 Å². The topological polar surface area (TPSA) is 77.9 Å². The second-order valence-corrected chi connectivity index (χ2v) is 8.90. The SMILES string of the molecule is COc1cc(-c2nc3cc(OCCCN4CCOCC4)ccc3n2CC(=O)NC(C)C)ccc1F. The monoisotopic (exact) mass is 484 g/mol. The molecule has 1 saturated heterocycles. The lowest BCUT2D eigenvalue weighted by molar-refractivity contribution is -0.122. The van der Waals surface area contributed by atoms with Gasteiger partial charge in [0.05, 0.1) is 38.0 Å². The highest BCUT2D eigenvalue weighted by Gasteiger charge is 2.18. The Morgan fingerprint density at radius 3 is 2.74 bits per heavy atom. The summed E-state index contributed by atoms with van der Waals surface area (Å²) in [4.78, 5) is 19.8. The summed E-state index contributed by atoms with van der Waals surface area (Å²) < 4.78 is 32.4. The van der Waals surface area contributed by atoms with Crippen molar-refractivity contribution in [1.29, 1.82) is 0 Å². The summed E-state index contributed by atoms with van der Waals surface area (Å²) in [6.07, 6.45) is 0.919. The number of morpholine rings is 1. The van der Waals surface area contributed by atoms with Crippen LogP contribution in [0.25, 0.3) is 22.4 Å². The minimum absolute atomic E-state index is 0.0177. The van der Waals surface area contributed by atoms with Crippen molar-refractivity contribution in [2.45, 2.75) is 32.9 Å². The normalized spacial score (nSPS) is 14.4. The highest BCUT2D eigenvalue weighted by molar-refractivity contribution is 5.85. The van der Waals surface area contributed by atoms with Gasteiger partial charge in [-0.3, -0.25) is 9.69 Å². The lowest BCUT2D eigenvalue weighted by atomic mass is 10.2. The number of imidazole rings is 1. The molecule has 1 fully saturated rings. The highest BCUT2D eigenvalue weighted by atomic mass is 19.1. The quantitative estimate of drug-likeness (QED) is 0.444. The van der Waals surface area contributed by atoms with E-state index < -0.39 is 5.82 Å². The summed E-state index contributed by atoms with van der Waals surface area (Å²) >= 11 is 0. The number of hydrogen-bond acceptors (Lipinski definition) is 6. The van der Waals surface area contributed by atoms with Crippen LogP contribution in [0.2, 0.25) is 0 Å². The maximum Gasteiger partial charge on any atom is 0.240 e. The molecule has 3 aromatic rings. The number of amides is 1. The molecule has 4 rings (SSSR count). The van der Waals surface area contributed by atoms with Crippen LogP contribution in [0.15, 0.2) is 36.4 Å². The van der Waals surface area contributed by atoms with E-state index in [2.05, 4.69) is 10.2 Å². The zero-order valence-electron chi connectivity index (χ0n) is 20.6. The van der Waals surface area contributed by atoms with Crippen molar-refractivity contribution in [1.82, 2.24) is 19.8 Å². The molecule has 188 valence electrons. The molecule has 0 unspecified atom stereocenters. The molecule has 0 spiro atoms. The van der Waals surface area contributed by atoms with Crippen molar-refractivity contribution in [2.75, 3.05) is 46.6 Å². The van der Waals surface area contributed by atoms with Crippen LogP contribution in [0, 0.1) is 5.82 Å². The molecule has 35 heavy (non-hydrogen) atoms. The summed E-state index contributed by atoms with van der Waals surface area (Å²) in [5.41, 5.74) is 2.15. The lowest BCUT2D eigenvalue weighted by Gasteiger charge is -2.26. The number of carbonyl (C=O) groups excluding carboxylic acids is 1. The van der Waals surface area contributed by atoms with E-state index in [4.69, 9.17) is 19.2 Å². The van der Waals surface area contributed by atoms with Crippen molar-refractivity contribution < 1.29 is 23.4 Å². The Hall–Kier alpha value is -3.17. The minimum atomic E-state index is -0.454. The summed E-state index contributed by atoms with van der Waals surface area (Å²) in [6, 6.07) is 10.3. The van der Waals surface area contributed by atoms with Crippen LogP contribution in [0.1, 0.15) is 20.3 Å². The molecular weight excluding hydrogens is 451 g/mol. The van der Waals surface area contributed by atoms with Gasteiger partial charge in [-0.1, -0.05) is 0 Å². The van der Waals surface area contributed by atoms with Crippen LogP contribution in [0.4, 0.5) is 4.39 Å². The molecule has 1 N–H and O–H groups in total. The van der Waals surface area contributed by atoms with E-state index in [9.17, 15) is 9.18 Å². The Bertz CT molecular complexity index is 1160. The summed E-state index contributed by atoms with van der Waals surface area (Å²) in [7, 11) is 1.42. The van der Waals surface area contributed by atoms with Crippen LogP contribution >= 0.6 is 0 Å². The van der Waals surface area contributed by atoms with E-state index in [0.29, 0.717) is 23.5 Å². The largest absolute Gasteiger partial charge is 0.494 e. The van der Waals surface area contributed by atoms with E-state index in [1.54, 1.807) is 12.1 Å². The van der Waals surface area contributed by atoms with Gasteiger partial charge in [0.15, 0.2) is 11.6 Å². The van der Waals surface area contributed by atoms with Crippen LogP contribution in [-0.4, -0.2) is 73.0 Å². The van der Waals surface area contributed by atoms with Gasteiger partial charge >= 0.3 is 0 Å². The molecule has 2 aromatic carbocycles. The van der Waals surface area contributed by atoms with Crippen molar-refractivity contribution >= 4 is 16.9 Å². The number of halogens is 1. The molecule has 8 nitrogen and oxygen atoms in total. The molecule has 0 saturated carbocycles. The number of carbonyl (C=O) groups is 1. The van der Waals surface area contributed by atoms with Gasteiger partial charge in [0, 0.05) is 37.3 Å². The van der Waals surface area contributed by atoms with Crippen molar-refractivity contribution in [3.8, 4) is 22.9 Å². The molecule has 0 bridgehead atoms. The molecule has 0 radical (unpaired) electrons. The number of nitrogens with one attached hydrogen (secondary N) is 1. The predicted octanol–water partition coefficient (Wildman–Crippen LogP) is 3.48. The Morgan fingerprint density at radius 2 is 2.00 bits per heavy atom. The molecule has 1 aliphatic heterocycles. The Morgan fingerprint density at radius 1 is 1.20 bits per heavy atom. The fraction of sp³-hybridized carbons (Fsp3) is 0.462. The number of fused-ring (bicyclic) bond motifs is 1. The molecule has 1 amide bonds. The van der Waals surface area contributed by atoms with Gasteiger partial charge in [0.1, 0.15) is 18.1 Å². The number of rotatable bonds is 10. The molecule has 9 heteroatoms. The molecule has 1 aliphatic rings. The van der Waals surface area contributed by atoms with Gasteiger partial charge in [0.2, 0.25) is 5.91 Å². The van der Waals surface area contributed by atoms with Crippen LogP contribution in [-0.2, 0) is 16.1 Å². The van der Waals surface area contributed by atoms with Crippen LogP contribution in [0.3, 0.4) is 0 Å². The Labute approximate surface area is 205 Å². The van der Waals surface area contributed by atoms with Crippen molar-refractivity contribution in [3.63, 3.8) is 0 Å². The van der Waals surface area contributed by atoms with Gasteiger partial charge in [-0.25, -0.2) is 9.37 Å². The molecule has 2 heterocycles. The maximum atomic E-state index is 14.0. The first-order valence-electron chi connectivity index (χ1n) is 12.0. The zero-order chi connectivity index (χ0) is 24.8. The Kier molecular flexibility index (Phi) is 8.20. The summed E-state index contributed by atoms with van der Waals surface area (Å²) in [6.45, 7) is 9.00. The zero-order valence-corrected chi connectivity index (χ0v) is 20.6. The number of hydrogen-bond donors (Lipinski definition) is 1. The molecular formula is C26H33FN4O4. The average Bonchev–Trinajstić information content (AvgIpc) is 3.19. The van der Waals surface area contributed by atoms with E-state index >= 15 is 0 Å².